The SMILES string of the molecule is CN=C(NCCc1ccc(Cl)nc1)NCc1ccc(Cl)nc1.I. The number of aliphatic imine (C=N–C) groups is 1. The number of guanidine groups is 1. The molecule has 0 aliphatic carbocycles. The van der Waals surface area contributed by atoms with Crippen LogP contribution in [0, 0.1) is 0 Å². The minimum absolute atomic E-state index is 0. The Kier molecular flexibility index (Phi) is 9.20. The van der Waals surface area contributed by atoms with Crippen molar-refractivity contribution in [3.05, 3.63) is 58.1 Å². The van der Waals surface area contributed by atoms with Crippen LogP contribution in [0.4, 0.5) is 0 Å². The summed E-state index contributed by atoms with van der Waals surface area (Å²) in [6, 6.07) is 7.45. The molecule has 5 nitrogen and oxygen atoms in total. The van der Waals surface area contributed by atoms with Crippen molar-refractivity contribution in [2.75, 3.05) is 13.6 Å². The third-order valence-electron chi connectivity index (χ3n) is 2.97. The maximum atomic E-state index is 5.76. The molecule has 0 atom stereocenters. The molecule has 0 spiro atoms. The number of hydrogen-bond donors (Lipinski definition) is 2. The molecule has 2 rings (SSSR count). The molecule has 0 aliphatic rings. The van der Waals surface area contributed by atoms with Gasteiger partial charge in [0.1, 0.15) is 10.3 Å². The maximum Gasteiger partial charge on any atom is 0.191 e. The number of aromatic nitrogens is 2. The molecule has 0 saturated heterocycles. The van der Waals surface area contributed by atoms with E-state index in [0.29, 0.717) is 16.9 Å². The van der Waals surface area contributed by atoms with E-state index in [2.05, 4.69) is 25.6 Å². The minimum atomic E-state index is 0. The summed E-state index contributed by atoms with van der Waals surface area (Å²) in [6.45, 7) is 1.38. The maximum absolute atomic E-state index is 5.76. The van der Waals surface area contributed by atoms with Gasteiger partial charge >= 0.3 is 0 Å². The molecule has 0 saturated carbocycles. The van der Waals surface area contributed by atoms with E-state index in [0.717, 1.165) is 30.1 Å². The largest absolute Gasteiger partial charge is 0.356 e. The zero-order chi connectivity index (χ0) is 15.8. The summed E-state index contributed by atoms with van der Waals surface area (Å²) >= 11 is 11.5. The highest BCUT2D eigenvalue weighted by Crippen LogP contribution is 2.06. The number of hydrogen-bond acceptors (Lipinski definition) is 3. The van der Waals surface area contributed by atoms with Crippen LogP contribution in [0.5, 0.6) is 0 Å². The summed E-state index contributed by atoms with van der Waals surface area (Å²) in [5, 5.41) is 7.46. The van der Waals surface area contributed by atoms with E-state index in [1.165, 1.54) is 0 Å². The lowest BCUT2D eigenvalue weighted by atomic mass is 10.2. The van der Waals surface area contributed by atoms with Gasteiger partial charge in [0.05, 0.1) is 0 Å². The lowest BCUT2D eigenvalue weighted by Gasteiger charge is -2.11. The van der Waals surface area contributed by atoms with Crippen molar-refractivity contribution < 1.29 is 0 Å². The molecular formula is C15H18Cl2IN5. The first-order valence-electron chi connectivity index (χ1n) is 6.83. The van der Waals surface area contributed by atoms with Crippen LogP contribution in [-0.4, -0.2) is 29.5 Å². The normalized spacial score (nSPS) is 10.8. The van der Waals surface area contributed by atoms with Crippen LogP contribution in [0.25, 0.3) is 0 Å². The zero-order valence-corrected chi connectivity index (χ0v) is 16.4. The molecule has 0 amide bonds. The van der Waals surface area contributed by atoms with Gasteiger partial charge in [-0.1, -0.05) is 35.3 Å². The standard InChI is InChI=1S/C15H17Cl2N5.HI/c1-18-15(22-10-12-3-5-14(17)21-9-12)19-7-6-11-2-4-13(16)20-8-11;/h2-5,8-9H,6-7,10H2,1H3,(H2,18,19,22);1H. The highest BCUT2D eigenvalue weighted by atomic mass is 127. The Morgan fingerprint density at radius 1 is 1.00 bits per heavy atom. The topological polar surface area (TPSA) is 62.2 Å². The van der Waals surface area contributed by atoms with Crippen LogP contribution in [0.2, 0.25) is 10.3 Å². The minimum Gasteiger partial charge on any atom is -0.356 e. The van der Waals surface area contributed by atoms with Gasteiger partial charge in [-0.05, 0) is 29.7 Å². The average molecular weight is 466 g/mol. The molecule has 0 aliphatic heterocycles. The number of nitrogens with zero attached hydrogens (tertiary/aromatic N) is 3. The smallest absolute Gasteiger partial charge is 0.191 e. The van der Waals surface area contributed by atoms with Crippen molar-refractivity contribution in [2.45, 2.75) is 13.0 Å². The lowest BCUT2D eigenvalue weighted by Crippen LogP contribution is -2.37. The number of pyridine rings is 2. The first-order valence-corrected chi connectivity index (χ1v) is 7.58. The number of rotatable bonds is 5. The van der Waals surface area contributed by atoms with Gasteiger partial charge in [0.25, 0.3) is 0 Å². The molecule has 0 unspecified atom stereocenters. The van der Waals surface area contributed by atoms with Crippen LogP contribution >= 0.6 is 47.2 Å². The van der Waals surface area contributed by atoms with Crippen LogP contribution in [-0.2, 0) is 13.0 Å². The van der Waals surface area contributed by atoms with E-state index in [4.69, 9.17) is 23.2 Å². The molecule has 0 radical (unpaired) electrons. The first kappa shape index (κ1) is 19.9. The quantitative estimate of drug-likeness (QED) is 0.308. The van der Waals surface area contributed by atoms with Crippen LogP contribution in [0.1, 0.15) is 11.1 Å². The summed E-state index contributed by atoms with van der Waals surface area (Å²) in [4.78, 5) is 12.3. The van der Waals surface area contributed by atoms with E-state index in [-0.39, 0.29) is 24.0 Å². The van der Waals surface area contributed by atoms with Crippen LogP contribution in [0.3, 0.4) is 0 Å². The molecule has 0 fully saturated rings. The molecule has 2 aromatic heterocycles. The van der Waals surface area contributed by atoms with Crippen LogP contribution < -0.4 is 10.6 Å². The first-order chi connectivity index (χ1) is 10.7. The Hall–Kier alpha value is -1.12. The van der Waals surface area contributed by atoms with Gasteiger partial charge in [-0.2, -0.15) is 0 Å². The predicted octanol–water partition coefficient (Wildman–Crippen LogP) is 3.31. The third-order valence-corrected chi connectivity index (χ3v) is 3.41. The van der Waals surface area contributed by atoms with E-state index in [9.17, 15) is 0 Å². The summed E-state index contributed by atoms with van der Waals surface area (Å²) in [7, 11) is 1.74. The van der Waals surface area contributed by atoms with Gasteiger partial charge in [0, 0.05) is 32.5 Å². The molecule has 8 heteroatoms. The van der Waals surface area contributed by atoms with Crippen molar-refractivity contribution in [2.24, 2.45) is 4.99 Å². The Morgan fingerprint density at radius 2 is 1.61 bits per heavy atom. The molecule has 124 valence electrons. The van der Waals surface area contributed by atoms with E-state index in [1.807, 2.05) is 12.1 Å². The predicted molar refractivity (Wildman–Crippen MR) is 106 cm³/mol. The third kappa shape index (κ3) is 7.32. The Balaban J connectivity index is 0.00000264. The monoisotopic (exact) mass is 465 g/mol. The van der Waals surface area contributed by atoms with Crippen LogP contribution in [0.15, 0.2) is 41.7 Å². The average Bonchev–Trinajstić information content (AvgIpc) is 2.54. The Labute approximate surface area is 162 Å². The van der Waals surface area contributed by atoms with Gasteiger partial charge in [-0.3, -0.25) is 4.99 Å². The van der Waals surface area contributed by atoms with E-state index >= 15 is 0 Å². The zero-order valence-electron chi connectivity index (χ0n) is 12.6. The second-order valence-corrected chi connectivity index (χ2v) is 5.36. The summed E-state index contributed by atoms with van der Waals surface area (Å²) in [5.74, 6) is 0.733. The summed E-state index contributed by atoms with van der Waals surface area (Å²) in [6.07, 6.45) is 4.36. The Morgan fingerprint density at radius 3 is 2.13 bits per heavy atom. The second kappa shape index (κ2) is 10.6. The van der Waals surface area contributed by atoms with Crippen molar-refractivity contribution in [3.8, 4) is 0 Å². The molecule has 2 N–H and O–H groups in total. The number of halogens is 3. The van der Waals surface area contributed by atoms with E-state index < -0.39 is 0 Å². The molecule has 23 heavy (non-hydrogen) atoms. The van der Waals surface area contributed by atoms with Gasteiger partial charge in [-0.15, -0.1) is 24.0 Å². The van der Waals surface area contributed by atoms with E-state index in [1.54, 1.807) is 31.6 Å². The summed E-state index contributed by atoms with van der Waals surface area (Å²) in [5.41, 5.74) is 2.16. The Bertz CT molecular complexity index is 617. The van der Waals surface area contributed by atoms with Crippen molar-refractivity contribution in [1.29, 1.82) is 0 Å². The van der Waals surface area contributed by atoms with Gasteiger partial charge in [-0.25, -0.2) is 9.97 Å². The molecule has 2 heterocycles. The van der Waals surface area contributed by atoms with Crippen molar-refractivity contribution >= 4 is 53.1 Å². The lowest BCUT2D eigenvalue weighted by molar-refractivity contribution is 0.791. The fourth-order valence-corrected chi connectivity index (χ4v) is 2.02. The van der Waals surface area contributed by atoms with Gasteiger partial charge < -0.3 is 10.6 Å². The highest BCUT2D eigenvalue weighted by Gasteiger charge is 2.00. The van der Waals surface area contributed by atoms with Gasteiger partial charge in [0.15, 0.2) is 5.96 Å². The van der Waals surface area contributed by atoms with Crippen molar-refractivity contribution in [1.82, 2.24) is 20.6 Å². The molecule has 0 aromatic carbocycles. The fourth-order valence-electron chi connectivity index (χ4n) is 1.80. The molecular weight excluding hydrogens is 448 g/mol. The number of nitrogens with one attached hydrogen (secondary N) is 2. The summed E-state index contributed by atoms with van der Waals surface area (Å²) < 4.78 is 0. The second-order valence-electron chi connectivity index (χ2n) is 4.58. The molecule has 2 aromatic rings. The molecule has 0 bridgehead atoms. The van der Waals surface area contributed by atoms with Gasteiger partial charge in [0.2, 0.25) is 0 Å². The van der Waals surface area contributed by atoms with Crippen molar-refractivity contribution in [3.63, 3.8) is 0 Å². The highest BCUT2D eigenvalue weighted by molar-refractivity contribution is 14.0. The fraction of sp³-hybridized carbons (Fsp3) is 0.267.